The summed E-state index contributed by atoms with van der Waals surface area (Å²) in [5.74, 6) is 0.908. The van der Waals surface area contributed by atoms with Crippen LogP contribution in [-0.4, -0.2) is 12.0 Å². The van der Waals surface area contributed by atoms with E-state index in [-0.39, 0.29) is 5.25 Å². The molecule has 1 aromatic carbocycles. The Bertz CT molecular complexity index is 387. The Labute approximate surface area is 92.1 Å². The van der Waals surface area contributed by atoms with Crippen LogP contribution in [0.5, 0.6) is 0 Å². The van der Waals surface area contributed by atoms with E-state index < -0.39 is 0 Å². The Hall–Kier alpha value is -0.730. The third-order valence-corrected chi connectivity index (χ3v) is 3.64. The second kappa shape index (κ2) is 4.20. The minimum atomic E-state index is 0.172. The summed E-state index contributed by atoms with van der Waals surface area (Å²) in [7, 11) is 0. The lowest BCUT2D eigenvalue weighted by molar-refractivity contribution is -0.105. The van der Waals surface area contributed by atoms with Crippen LogP contribution in [-0.2, 0) is 4.79 Å². The van der Waals surface area contributed by atoms with Gasteiger partial charge in [0.05, 0.1) is 5.25 Å². The number of carbonyl (C=O) groups is 1. The SMILES string of the molecule is O=CC1=CCSC1c1cccc(Cl)c1. The lowest BCUT2D eigenvalue weighted by atomic mass is 10.1. The fourth-order valence-corrected chi connectivity index (χ4v) is 2.88. The molecule has 1 aliphatic heterocycles. The average molecular weight is 225 g/mol. The number of hydrogen-bond donors (Lipinski definition) is 0. The molecular weight excluding hydrogens is 216 g/mol. The van der Waals surface area contributed by atoms with Crippen molar-refractivity contribution in [3.05, 3.63) is 46.5 Å². The number of carbonyl (C=O) groups excluding carboxylic acids is 1. The van der Waals surface area contributed by atoms with Gasteiger partial charge < -0.3 is 0 Å². The highest BCUT2D eigenvalue weighted by molar-refractivity contribution is 8.00. The Balaban J connectivity index is 2.31. The number of rotatable bonds is 2. The van der Waals surface area contributed by atoms with Crippen LogP contribution in [0, 0.1) is 0 Å². The summed E-state index contributed by atoms with van der Waals surface area (Å²) in [6.07, 6.45) is 2.91. The van der Waals surface area contributed by atoms with E-state index in [4.69, 9.17) is 11.6 Å². The van der Waals surface area contributed by atoms with E-state index in [9.17, 15) is 4.79 Å². The predicted octanol–water partition coefficient (Wildman–Crippen LogP) is 3.25. The van der Waals surface area contributed by atoms with E-state index in [0.717, 1.165) is 28.2 Å². The molecule has 1 unspecified atom stereocenters. The summed E-state index contributed by atoms with van der Waals surface area (Å²) in [6.45, 7) is 0. The van der Waals surface area contributed by atoms with Crippen LogP contribution < -0.4 is 0 Å². The van der Waals surface area contributed by atoms with Crippen molar-refractivity contribution >= 4 is 29.6 Å². The van der Waals surface area contributed by atoms with Gasteiger partial charge in [0.25, 0.3) is 0 Å². The molecule has 0 aromatic heterocycles. The molecule has 0 aliphatic carbocycles. The molecule has 0 bridgehead atoms. The summed E-state index contributed by atoms with van der Waals surface area (Å²) in [5, 5.41) is 0.895. The van der Waals surface area contributed by atoms with Gasteiger partial charge in [-0.05, 0) is 17.7 Å². The van der Waals surface area contributed by atoms with E-state index in [1.54, 1.807) is 11.8 Å². The van der Waals surface area contributed by atoms with Crippen LogP contribution in [0.1, 0.15) is 10.8 Å². The molecule has 14 heavy (non-hydrogen) atoms. The number of benzene rings is 1. The molecule has 2 rings (SSSR count). The zero-order chi connectivity index (χ0) is 9.97. The highest BCUT2D eigenvalue weighted by Gasteiger charge is 2.21. The monoisotopic (exact) mass is 224 g/mol. The van der Waals surface area contributed by atoms with Crippen LogP contribution in [0.25, 0.3) is 0 Å². The van der Waals surface area contributed by atoms with E-state index in [1.807, 2.05) is 30.3 Å². The minimum Gasteiger partial charge on any atom is -0.298 e. The summed E-state index contributed by atoms with van der Waals surface area (Å²) in [6, 6.07) is 7.68. The molecule has 0 N–H and O–H groups in total. The predicted molar refractivity (Wildman–Crippen MR) is 60.8 cm³/mol. The van der Waals surface area contributed by atoms with Gasteiger partial charge in [0.15, 0.2) is 0 Å². The topological polar surface area (TPSA) is 17.1 Å². The summed E-state index contributed by atoms with van der Waals surface area (Å²) in [4.78, 5) is 10.8. The molecule has 1 heterocycles. The van der Waals surface area contributed by atoms with Crippen LogP contribution in [0.3, 0.4) is 0 Å². The van der Waals surface area contributed by atoms with Crippen molar-refractivity contribution in [2.24, 2.45) is 0 Å². The maximum absolute atomic E-state index is 10.8. The summed E-state index contributed by atoms with van der Waals surface area (Å²) in [5.41, 5.74) is 1.97. The minimum absolute atomic E-state index is 0.172. The lowest BCUT2D eigenvalue weighted by Gasteiger charge is -2.10. The second-order valence-electron chi connectivity index (χ2n) is 3.09. The lowest BCUT2D eigenvalue weighted by Crippen LogP contribution is -1.95. The molecule has 0 radical (unpaired) electrons. The highest BCUT2D eigenvalue weighted by Crippen LogP contribution is 2.40. The van der Waals surface area contributed by atoms with Crippen molar-refractivity contribution in [1.29, 1.82) is 0 Å². The van der Waals surface area contributed by atoms with Crippen molar-refractivity contribution in [3.63, 3.8) is 0 Å². The first-order valence-corrected chi connectivity index (χ1v) is 5.76. The molecule has 3 heteroatoms. The number of aldehydes is 1. The van der Waals surface area contributed by atoms with Gasteiger partial charge in [-0.1, -0.05) is 29.8 Å². The Morgan fingerprint density at radius 3 is 3.07 bits per heavy atom. The number of thioether (sulfide) groups is 1. The molecule has 1 aliphatic rings. The third kappa shape index (κ3) is 1.86. The van der Waals surface area contributed by atoms with Crippen molar-refractivity contribution < 1.29 is 4.79 Å². The average Bonchev–Trinajstić information content (AvgIpc) is 2.65. The van der Waals surface area contributed by atoms with Crippen LogP contribution in [0.4, 0.5) is 0 Å². The molecule has 0 saturated carbocycles. The van der Waals surface area contributed by atoms with E-state index in [1.165, 1.54) is 0 Å². The molecule has 1 atom stereocenters. The number of halogens is 1. The molecule has 1 nitrogen and oxygen atoms in total. The molecule has 72 valence electrons. The van der Waals surface area contributed by atoms with Crippen LogP contribution in [0.2, 0.25) is 5.02 Å². The van der Waals surface area contributed by atoms with Gasteiger partial charge in [-0.25, -0.2) is 0 Å². The van der Waals surface area contributed by atoms with Gasteiger partial charge in [0.1, 0.15) is 6.29 Å². The van der Waals surface area contributed by atoms with Crippen molar-refractivity contribution in [3.8, 4) is 0 Å². The standard InChI is InChI=1S/C11H9ClOS/c12-10-3-1-2-8(6-10)11-9(7-13)4-5-14-11/h1-4,6-7,11H,5H2. The summed E-state index contributed by atoms with van der Waals surface area (Å²) < 4.78 is 0. The normalized spacial score (nSPS) is 20.6. The van der Waals surface area contributed by atoms with Gasteiger partial charge in [0, 0.05) is 16.3 Å². The Morgan fingerprint density at radius 2 is 2.36 bits per heavy atom. The van der Waals surface area contributed by atoms with Crippen LogP contribution in [0.15, 0.2) is 35.9 Å². The van der Waals surface area contributed by atoms with Gasteiger partial charge in [-0.3, -0.25) is 4.79 Å². The zero-order valence-corrected chi connectivity index (χ0v) is 9.02. The first-order chi connectivity index (χ1) is 6.81. The maximum Gasteiger partial charge on any atom is 0.147 e. The maximum atomic E-state index is 10.8. The summed E-state index contributed by atoms with van der Waals surface area (Å²) >= 11 is 7.65. The molecular formula is C11H9ClOS. The van der Waals surface area contributed by atoms with Gasteiger partial charge >= 0.3 is 0 Å². The number of hydrogen-bond acceptors (Lipinski definition) is 2. The van der Waals surface area contributed by atoms with Crippen molar-refractivity contribution in [2.45, 2.75) is 5.25 Å². The van der Waals surface area contributed by atoms with E-state index in [2.05, 4.69) is 0 Å². The fourth-order valence-electron chi connectivity index (χ4n) is 1.51. The van der Waals surface area contributed by atoms with E-state index >= 15 is 0 Å². The molecule has 0 spiro atoms. The quantitative estimate of drug-likeness (QED) is 0.718. The Morgan fingerprint density at radius 1 is 1.50 bits per heavy atom. The molecule has 0 amide bonds. The fraction of sp³-hybridized carbons (Fsp3) is 0.182. The Kier molecular flexibility index (Phi) is 2.94. The van der Waals surface area contributed by atoms with Gasteiger partial charge in [-0.2, -0.15) is 0 Å². The molecule has 0 saturated heterocycles. The third-order valence-electron chi connectivity index (χ3n) is 2.17. The van der Waals surface area contributed by atoms with Crippen molar-refractivity contribution in [1.82, 2.24) is 0 Å². The van der Waals surface area contributed by atoms with Crippen LogP contribution >= 0.6 is 23.4 Å². The highest BCUT2D eigenvalue weighted by atomic mass is 35.5. The largest absolute Gasteiger partial charge is 0.298 e. The smallest absolute Gasteiger partial charge is 0.147 e. The van der Waals surface area contributed by atoms with Gasteiger partial charge in [-0.15, -0.1) is 11.8 Å². The second-order valence-corrected chi connectivity index (χ2v) is 4.66. The zero-order valence-electron chi connectivity index (χ0n) is 7.44. The molecule has 1 aromatic rings. The van der Waals surface area contributed by atoms with E-state index in [0.29, 0.717) is 0 Å². The first kappa shape index (κ1) is 9.81. The van der Waals surface area contributed by atoms with Crippen molar-refractivity contribution in [2.75, 3.05) is 5.75 Å². The van der Waals surface area contributed by atoms with Gasteiger partial charge in [0.2, 0.25) is 0 Å². The molecule has 0 fully saturated rings. The first-order valence-electron chi connectivity index (χ1n) is 4.33.